The number of nitrogens with one attached hydrogen (secondary N) is 1. The second-order valence-electron chi connectivity index (χ2n) is 5.83. The Hall–Kier alpha value is -1.26. The van der Waals surface area contributed by atoms with E-state index in [9.17, 15) is 0 Å². The fraction of sp³-hybridized carbons (Fsp3) is 0.647. The highest BCUT2D eigenvalue weighted by molar-refractivity contribution is 5.61. The molecule has 1 aliphatic rings. The number of rotatable bonds is 5. The predicted molar refractivity (Wildman–Crippen MR) is 87.3 cm³/mol. The number of nitrogens with zero attached hydrogens (tertiary/aromatic N) is 1. The number of anilines is 1. The summed E-state index contributed by atoms with van der Waals surface area (Å²) >= 11 is 0. The molecule has 2 rings (SSSR count). The van der Waals surface area contributed by atoms with E-state index in [-0.39, 0.29) is 18.2 Å². The Kier molecular flexibility index (Phi) is 5.48. The summed E-state index contributed by atoms with van der Waals surface area (Å²) in [6.07, 6.45) is 0.504. The maximum atomic E-state index is 5.85. The third-order valence-corrected chi connectivity index (χ3v) is 3.97. The second-order valence-corrected chi connectivity index (χ2v) is 5.83. The van der Waals surface area contributed by atoms with E-state index in [1.54, 1.807) is 7.11 Å². The van der Waals surface area contributed by atoms with Crippen molar-refractivity contribution in [2.24, 2.45) is 0 Å². The lowest BCUT2D eigenvalue weighted by Crippen LogP contribution is -2.46. The summed E-state index contributed by atoms with van der Waals surface area (Å²) in [6.45, 7) is 11.4. The average molecular weight is 292 g/mol. The van der Waals surface area contributed by atoms with Gasteiger partial charge in [0.05, 0.1) is 19.3 Å². The minimum atomic E-state index is 0.252. The van der Waals surface area contributed by atoms with Gasteiger partial charge in [0, 0.05) is 30.4 Å². The van der Waals surface area contributed by atoms with Gasteiger partial charge in [-0.1, -0.05) is 13.0 Å². The molecule has 0 saturated carbocycles. The summed E-state index contributed by atoms with van der Waals surface area (Å²) in [5.74, 6) is 0.952. The molecule has 4 heteroatoms. The fourth-order valence-electron chi connectivity index (χ4n) is 3.20. The summed E-state index contributed by atoms with van der Waals surface area (Å²) in [7, 11) is 1.74. The number of benzene rings is 1. The second kappa shape index (κ2) is 7.14. The van der Waals surface area contributed by atoms with Crippen molar-refractivity contribution >= 4 is 5.69 Å². The third kappa shape index (κ3) is 3.69. The van der Waals surface area contributed by atoms with Crippen LogP contribution in [-0.2, 0) is 4.74 Å². The monoisotopic (exact) mass is 292 g/mol. The lowest BCUT2D eigenvalue weighted by molar-refractivity contribution is -0.00530. The molecule has 0 aromatic heterocycles. The molecule has 1 fully saturated rings. The van der Waals surface area contributed by atoms with Crippen LogP contribution in [0.2, 0.25) is 0 Å². The van der Waals surface area contributed by atoms with Crippen molar-refractivity contribution in [3.8, 4) is 5.75 Å². The number of methoxy groups -OCH3 is 1. The summed E-state index contributed by atoms with van der Waals surface area (Å²) < 4.78 is 11.5. The predicted octanol–water partition coefficient (Wildman–Crippen LogP) is 2.98. The van der Waals surface area contributed by atoms with Crippen LogP contribution >= 0.6 is 0 Å². The van der Waals surface area contributed by atoms with Gasteiger partial charge in [-0.3, -0.25) is 0 Å². The molecular weight excluding hydrogens is 264 g/mol. The molecule has 1 saturated heterocycles. The van der Waals surface area contributed by atoms with Crippen molar-refractivity contribution in [2.45, 2.75) is 45.9 Å². The summed E-state index contributed by atoms with van der Waals surface area (Å²) in [5, 5.41) is 3.50. The zero-order chi connectivity index (χ0) is 15.4. The van der Waals surface area contributed by atoms with E-state index in [2.05, 4.69) is 50.0 Å². The number of hydrogen-bond acceptors (Lipinski definition) is 4. The van der Waals surface area contributed by atoms with Crippen LogP contribution < -0.4 is 15.0 Å². The first-order valence-corrected chi connectivity index (χ1v) is 7.87. The molecule has 1 aliphatic heterocycles. The molecule has 0 amide bonds. The lowest BCUT2D eigenvalue weighted by Gasteiger charge is -2.38. The first-order chi connectivity index (χ1) is 10.1. The molecule has 0 spiro atoms. The van der Waals surface area contributed by atoms with Crippen LogP contribution in [0.1, 0.15) is 39.3 Å². The molecule has 0 bridgehead atoms. The first kappa shape index (κ1) is 16.1. The topological polar surface area (TPSA) is 33.7 Å². The Bertz CT molecular complexity index is 454. The maximum absolute atomic E-state index is 5.85. The van der Waals surface area contributed by atoms with E-state index in [0.29, 0.717) is 0 Å². The number of ether oxygens (including phenoxy) is 2. The molecule has 0 aliphatic carbocycles. The Morgan fingerprint density at radius 3 is 2.57 bits per heavy atom. The van der Waals surface area contributed by atoms with E-state index in [0.717, 1.165) is 25.4 Å². The Balaban J connectivity index is 2.37. The van der Waals surface area contributed by atoms with Gasteiger partial charge >= 0.3 is 0 Å². The van der Waals surface area contributed by atoms with Gasteiger partial charge in [0.25, 0.3) is 0 Å². The SMILES string of the molecule is CCNC(C)c1c(OC)cccc1N1C[C@@H](C)O[C@@H](C)C1. The van der Waals surface area contributed by atoms with Crippen LogP contribution in [0.25, 0.3) is 0 Å². The highest BCUT2D eigenvalue weighted by Crippen LogP contribution is 2.35. The highest BCUT2D eigenvalue weighted by atomic mass is 16.5. The smallest absolute Gasteiger partial charge is 0.125 e. The average Bonchev–Trinajstić information content (AvgIpc) is 2.45. The molecule has 0 radical (unpaired) electrons. The van der Waals surface area contributed by atoms with E-state index >= 15 is 0 Å². The maximum Gasteiger partial charge on any atom is 0.125 e. The van der Waals surface area contributed by atoms with E-state index in [1.165, 1.54) is 11.3 Å². The first-order valence-electron chi connectivity index (χ1n) is 7.87. The zero-order valence-electron chi connectivity index (χ0n) is 13.8. The van der Waals surface area contributed by atoms with Gasteiger partial charge in [-0.25, -0.2) is 0 Å². The summed E-state index contributed by atoms with van der Waals surface area (Å²) in [5.41, 5.74) is 2.49. The lowest BCUT2D eigenvalue weighted by atomic mass is 10.0. The molecule has 118 valence electrons. The van der Waals surface area contributed by atoms with Gasteiger partial charge in [0.15, 0.2) is 0 Å². The zero-order valence-corrected chi connectivity index (χ0v) is 13.8. The van der Waals surface area contributed by atoms with Gasteiger partial charge in [-0.05, 0) is 39.4 Å². The quantitative estimate of drug-likeness (QED) is 0.904. The van der Waals surface area contributed by atoms with Gasteiger partial charge in [-0.2, -0.15) is 0 Å². The number of morpholine rings is 1. The Morgan fingerprint density at radius 1 is 1.33 bits per heavy atom. The molecule has 1 heterocycles. The standard InChI is InChI=1S/C17H28N2O2/c1-6-18-14(4)17-15(8-7-9-16(17)20-5)19-10-12(2)21-13(3)11-19/h7-9,12-14,18H,6,10-11H2,1-5H3/t12-,13+,14?. The van der Waals surface area contributed by atoms with Crippen LogP contribution in [0.3, 0.4) is 0 Å². The highest BCUT2D eigenvalue weighted by Gasteiger charge is 2.26. The minimum Gasteiger partial charge on any atom is -0.496 e. The van der Waals surface area contributed by atoms with E-state index in [1.807, 2.05) is 6.07 Å². The molecule has 1 aromatic rings. The molecule has 1 unspecified atom stereocenters. The van der Waals surface area contributed by atoms with Crippen LogP contribution in [0.5, 0.6) is 5.75 Å². The van der Waals surface area contributed by atoms with Gasteiger partial charge in [0.1, 0.15) is 5.75 Å². The van der Waals surface area contributed by atoms with Crippen LogP contribution in [-0.4, -0.2) is 39.0 Å². The minimum absolute atomic E-state index is 0.252. The molecule has 3 atom stereocenters. The molecule has 21 heavy (non-hydrogen) atoms. The van der Waals surface area contributed by atoms with Crippen molar-refractivity contribution in [1.29, 1.82) is 0 Å². The van der Waals surface area contributed by atoms with Crippen LogP contribution in [0.15, 0.2) is 18.2 Å². The van der Waals surface area contributed by atoms with Crippen molar-refractivity contribution in [1.82, 2.24) is 5.32 Å². The Morgan fingerprint density at radius 2 is 2.00 bits per heavy atom. The van der Waals surface area contributed by atoms with Gasteiger partial charge in [0.2, 0.25) is 0 Å². The van der Waals surface area contributed by atoms with Crippen molar-refractivity contribution < 1.29 is 9.47 Å². The van der Waals surface area contributed by atoms with E-state index < -0.39 is 0 Å². The molecule has 1 N–H and O–H groups in total. The van der Waals surface area contributed by atoms with Gasteiger partial charge < -0.3 is 19.7 Å². The molecule has 4 nitrogen and oxygen atoms in total. The van der Waals surface area contributed by atoms with Crippen LogP contribution in [0, 0.1) is 0 Å². The summed E-state index contributed by atoms with van der Waals surface area (Å²) in [4.78, 5) is 2.42. The fourth-order valence-corrected chi connectivity index (χ4v) is 3.20. The third-order valence-electron chi connectivity index (χ3n) is 3.97. The van der Waals surface area contributed by atoms with Crippen molar-refractivity contribution in [3.63, 3.8) is 0 Å². The molecular formula is C17H28N2O2. The molecule has 1 aromatic carbocycles. The largest absolute Gasteiger partial charge is 0.496 e. The van der Waals surface area contributed by atoms with Gasteiger partial charge in [-0.15, -0.1) is 0 Å². The van der Waals surface area contributed by atoms with Crippen LogP contribution in [0.4, 0.5) is 5.69 Å². The van der Waals surface area contributed by atoms with E-state index in [4.69, 9.17) is 9.47 Å². The van der Waals surface area contributed by atoms with Crippen molar-refractivity contribution in [3.05, 3.63) is 23.8 Å². The Labute approximate surface area is 128 Å². The normalized spacial score (nSPS) is 24.0. The van der Waals surface area contributed by atoms with Crippen molar-refractivity contribution in [2.75, 3.05) is 31.6 Å². The number of hydrogen-bond donors (Lipinski definition) is 1. The summed E-state index contributed by atoms with van der Waals surface area (Å²) in [6, 6.07) is 6.56.